The van der Waals surface area contributed by atoms with Crippen LogP contribution < -0.4 is 10.1 Å². The van der Waals surface area contributed by atoms with Gasteiger partial charge < -0.3 is 19.3 Å². The van der Waals surface area contributed by atoms with Crippen LogP contribution in [0.5, 0.6) is 5.75 Å². The van der Waals surface area contributed by atoms with E-state index in [9.17, 15) is 9.59 Å². The third kappa shape index (κ3) is 5.38. The van der Waals surface area contributed by atoms with E-state index in [0.29, 0.717) is 23.2 Å². The van der Waals surface area contributed by atoms with Gasteiger partial charge in [0.2, 0.25) is 11.7 Å². The van der Waals surface area contributed by atoms with E-state index in [1.165, 1.54) is 11.3 Å². The van der Waals surface area contributed by atoms with Gasteiger partial charge in [-0.15, -0.1) is 11.3 Å². The third-order valence-electron chi connectivity index (χ3n) is 3.49. The number of anilines is 1. The van der Waals surface area contributed by atoms with Crippen molar-refractivity contribution in [1.82, 2.24) is 10.1 Å². The highest BCUT2D eigenvalue weighted by atomic mass is 32.1. The van der Waals surface area contributed by atoms with E-state index in [1.807, 2.05) is 17.5 Å². The molecule has 140 valence electrons. The van der Waals surface area contributed by atoms with E-state index < -0.39 is 11.9 Å². The molecular weight excluding hydrogens is 370 g/mol. The average molecular weight is 387 g/mol. The zero-order valence-corrected chi connectivity index (χ0v) is 15.3. The van der Waals surface area contributed by atoms with Crippen LogP contribution in [0, 0.1) is 0 Å². The van der Waals surface area contributed by atoms with Crippen molar-refractivity contribution in [3.8, 4) is 16.5 Å². The molecule has 0 spiro atoms. The van der Waals surface area contributed by atoms with Gasteiger partial charge in [0.15, 0.2) is 6.61 Å². The maximum Gasteiger partial charge on any atom is 0.306 e. The minimum atomic E-state index is -0.518. The molecule has 0 saturated heterocycles. The zero-order valence-electron chi connectivity index (χ0n) is 14.5. The monoisotopic (exact) mass is 387 g/mol. The van der Waals surface area contributed by atoms with Crippen molar-refractivity contribution in [2.45, 2.75) is 12.8 Å². The highest BCUT2D eigenvalue weighted by Gasteiger charge is 2.13. The second-order valence-corrected chi connectivity index (χ2v) is 6.37. The number of aryl methyl sites for hydroxylation is 1. The van der Waals surface area contributed by atoms with Crippen molar-refractivity contribution in [2.24, 2.45) is 0 Å². The fourth-order valence-electron chi connectivity index (χ4n) is 2.16. The van der Waals surface area contributed by atoms with E-state index in [1.54, 1.807) is 31.4 Å². The molecule has 0 aliphatic carbocycles. The number of carbonyl (C=O) groups excluding carboxylic acids is 2. The minimum absolute atomic E-state index is 0.0435. The molecule has 0 atom stereocenters. The predicted molar refractivity (Wildman–Crippen MR) is 98.5 cm³/mol. The second kappa shape index (κ2) is 8.95. The number of esters is 1. The smallest absolute Gasteiger partial charge is 0.306 e. The van der Waals surface area contributed by atoms with Crippen molar-refractivity contribution in [3.63, 3.8) is 0 Å². The molecule has 1 aromatic carbocycles. The van der Waals surface area contributed by atoms with Crippen LogP contribution in [0.1, 0.15) is 12.3 Å². The number of ether oxygens (including phenoxy) is 2. The Balaban J connectivity index is 1.39. The number of benzene rings is 1. The SMILES string of the molecule is COc1ccc(NC(=O)COC(=O)CCc2nc(-c3cccs3)no2)cc1. The molecule has 27 heavy (non-hydrogen) atoms. The summed E-state index contributed by atoms with van der Waals surface area (Å²) in [6.45, 7) is -0.366. The molecule has 8 nitrogen and oxygen atoms in total. The molecular formula is C18H17N3O5S. The van der Waals surface area contributed by atoms with Crippen molar-refractivity contribution >= 4 is 28.9 Å². The lowest BCUT2D eigenvalue weighted by molar-refractivity contribution is -0.147. The fraction of sp³-hybridized carbons (Fsp3) is 0.222. The van der Waals surface area contributed by atoms with Crippen LogP contribution in [-0.4, -0.2) is 35.7 Å². The summed E-state index contributed by atoms with van der Waals surface area (Å²) >= 11 is 1.50. The lowest BCUT2D eigenvalue weighted by Crippen LogP contribution is -2.21. The Bertz CT molecular complexity index is 890. The van der Waals surface area contributed by atoms with Gasteiger partial charge in [-0.2, -0.15) is 4.98 Å². The summed E-state index contributed by atoms with van der Waals surface area (Å²) in [4.78, 5) is 28.7. The molecule has 0 aliphatic heterocycles. The number of thiophene rings is 1. The largest absolute Gasteiger partial charge is 0.497 e. The molecule has 1 amide bonds. The molecule has 3 rings (SSSR count). The molecule has 2 aromatic heterocycles. The predicted octanol–water partition coefficient (Wildman–Crippen LogP) is 2.92. The summed E-state index contributed by atoms with van der Waals surface area (Å²) in [5.41, 5.74) is 0.587. The Hall–Kier alpha value is -3.20. The number of amides is 1. The van der Waals surface area contributed by atoms with E-state index in [2.05, 4.69) is 15.5 Å². The van der Waals surface area contributed by atoms with Crippen molar-refractivity contribution in [2.75, 3.05) is 19.0 Å². The van der Waals surface area contributed by atoms with Gasteiger partial charge in [0.1, 0.15) is 5.75 Å². The molecule has 0 bridgehead atoms. The van der Waals surface area contributed by atoms with Gasteiger partial charge in [0.05, 0.1) is 18.4 Å². The average Bonchev–Trinajstić information content (AvgIpc) is 3.37. The van der Waals surface area contributed by atoms with Gasteiger partial charge in [0.25, 0.3) is 5.91 Å². The first-order valence-electron chi connectivity index (χ1n) is 8.10. The number of hydrogen-bond acceptors (Lipinski definition) is 8. The van der Waals surface area contributed by atoms with Gasteiger partial charge in [-0.05, 0) is 35.7 Å². The highest BCUT2D eigenvalue weighted by molar-refractivity contribution is 7.13. The van der Waals surface area contributed by atoms with E-state index in [0.717, 1.165) is 4.88 Å². The van der Waals surface area contributed by atoms with Crippen LogP contribution in [0.25, 0.3) is 10.7 Å². The van der Waals surface area contributed by atoms with Crippen LogP contribution in [0.4, 0.5) is 5.69 Å². The molecule has 2 heterocycles. The molecule has 0 aliphatic rings. The van der Waals surface area contributed by atoms with Crippen molar-refractivity contribution < 1.29 is 23.6 Å². The van der Waals surface area contributed by atoms with Crippen LogP contribution in [0.2, 0.25) is 0 Å². The number of aromatic nitrogens is 2. The van der Waals surface area contributed by atoms with Crippen LogP contribution in [-0.2, 0) is 20.7 Å². The fourth-order valence-corrected chi connectivity index (χ4v) is 2.81. The van der Waals surface area contributed by atoms with Gasteiger partial charge in [0, 0.05) is 12.1 Å². The number of rotatable bonds is 8. The Morgan fingerprint density at radius 2 is 2.04 bits per heavy atom. The van der Waals surface area contributed by atoms with E-state index in [-0.39, 0.29) is 19.4 Å². The molecule has 1 N–H and O–H groups in total. The van der Waals surface area contributed by atoms with E-state index in [4.69, 9.17) is 14.0 Å². The number of nitrogens with one attached hydrogen (secondary N) is 1. The molecule has 0 saturated carbocycles. The van der Waals surface area contributed by atoms with E-state index >= 15 is 0 Å². The zero-order chi connectivity index (χ0) is 19.1. The quantitative estimate of drug-likeness (QED) is 0.593. The standard InChI is InChI=1S/C18H17N3O5S/c1-24-13-6-4-12(5-7-13)19-15(22)11-25-17(23)9-8-16-20-18(21-26-16)14-3-2-10-27-14/h2-7,10H,8-9,11H2,1H3,(H,19,22). The Morgan fingerprint density at radius 3 is 2.74 bits per heavy atom. The second-order valence-electron chi connectivity index (χ2n) is 5.43. The lowest BCUT2D eigenvalue weighted by Gasteiger charge is -2.07. The summed E-state index contributed by atoms with van der Waals surface area (Å²) < 4.78 is 15.1. The third-order valence-corrected chi connectivity index (χ3v) is 4.36. The first-order valence-corrected chi connectivity index (χ1v) is 8.98. The van der Waals surface area contributed by atoms with Crippen LogP contribution in [0.3, 0.4) is 0 Å². The number of methoxy groups -OCH3 is 1. The molecule has 0 fully saturated rings. The number of nitrogens with zero attached hydrogens (tertiary/aromatic N) is 2. The van der Waals surface area contributed by atoms with Gasteiger partial charge >= 0.3 is 5.97 Å². The number of hydrogen-bond donors (Lipinski definition) is 1. The molecule has 9 heteroatoms. The Morgan fingerprint density at radius 1 is 1.22 bits per heavy atom. The lowest BCUT2D eigenvalue weighted by atomic mass is 10.3. The Labute approximate surface area is 159 Å². The Kier molecular flexibility index (Phi) is 6.16. The summed E-state index contributed by atoms with van der Waals surface area (Å²) in [7, 11) is 1.56. The van der Waals surface area contributed by atoms with Crippen LogP contribution in [0.15, 0.2) is 46.3 Å². The van der Waals surface area contributed by atoms with Crippen molar-refractivity contribution in [1.29, 1.82) is 0 Å². The maximum atomic E-state index is 11.8. The maximum absolute atomic E-state index is 11.8. The van der Waals surface area contributed by atoms with Crippen molar-refractivity contribution in [3.05, 3.63) is 47.7 Å². The summed E-state index contributed by atoms with van der Waals surface area (Å²) in [6, 6.07) is 10.6. The highest BCUT2D eigenvalue weighted by Crippen LogP contribution is 2.21. The molecule has 0 unspecified atom stereocenters. The molecule has 0 radical (unpaired) electrons. The first kappa shape index (κ1) is 18.6. The number of carbonyl (C=O) groups is 2. The summed E-state index contributed by atoms with van der Waals surface area (Å²) in [5.74, 6) is 0.579. The van der Waals surface area contributed by atoms with Gasteiger partial charge in [-0.1, -0.05) is 11.2 Å². The normalized spacial score (nSPS) is 10.4. The molecule has 3 aromatic rings. The summed E-state index contributed by atoms with van der Waals surface area (Å²) in [6.07, 6.45) is 0.291. The van der Waals surface area contributed by atoms with Crippen LogP contribution >= 0.6 is 11.3 Å². The minimum Gasteiger partial charge on any atom is -0.497 e. The van der Waals surface area contributed by atoms with Gasteiger partial charge in [-0.25, -0.2) is 0 Å². The topological polar surface area (TPSA) is 104 Å². The summed E-state index contributed by atoms with van der Waals surface area (Å²) in [5, 5.41) is 8.42. The van der Waals surface area contributed by atoms with Gasteiger partial charge in [-0.3, -0.25) is 9.59 Å². The first-order chi connectivity index (χ1) is 13.1.